The van der Waals surface area contributed by atoms with E-state index < -0.39 is 10.0 Å². The van der Waals surface area contributed by atoms with Gasteiger partial charge in [-0.25, -0.2) is 13.1 Å². The summed E-state index contributed by atoms with van der Waals surface area (Å²) in [6.07, 6.45) is 0.977. The minimum Gasteiger partial charge on any atom is -0.495 e. The molecule has 0 amide bonds. The van der Waals surface area contributed by atoms with Gasteiger partial charge in [-0.2, -0.15) is 0 Å². The lowest BCUT2D eigenvalue weighted by atomic mass is 9.68. The van der Waals surface area contributed by atoms with Crippen molar-refractivity contribution in [3.8, 4) is 5.75 Å². The number of hydrogen-bond donors (Lipinski definition) is 1. The second kappa shape index (κ2) is 6.39. The molecule has 23 heavy (non-hydrogen) atoms. The van der Waals surface area contributed by atoms with Gasteiger partial charge in [0.15, 0.2) is 0 Å². The summed E-state index contributed by atoms with van der Waals surface area (Å²) >= 11 is 0. The van der Waals surface area contributed by atoms with Crippen molar-refractivity contribution in [2.75, 3.05) is 27.4 Å². The molecule has 1 aromatic rings. The topological polar surface area (TPSA) is 73.9 Å². The maximum absolute atomic E-state index is 12.8. The van der Waals surface area contributed by atoms with E-state index in [0.29, 0.717) is 19.0 Å². The van der Waals surface area contributed by atoms with Crippen LogP contribution in [0, 0.1) is 18.8 Å². The standard InChI is InChI=1S/C16H23NO5S/c1-10-4-5-13(21-3)14(8-10)23(18,19)17-15-11-6-7-22-16(11)12(15)9-20-2/h4-5,8,11-12,15-17H,6-7,9H2,1-3H3. The smallest absolute Gasteiger partial charge is 0.244 e. The van der Waals surface area contributed by atoms with Crippen LogP contribution in [0.25, 0.3) is 0 Å². The summed E-state index contributed by atoms with van der Waals surface area (Å²) in [4.78, 5) is 0.179. The first-order valence-corrected chi connectivity index (χ1v) is 9.23. The SMILES string of the molecule is COCC1C(NS(=O)(=O)c2cc(C)ccc2OC)C2CCOC21. The number of benzene rings is 1. The molecule has 4 atom stereocenters. The molecule has 3 rings (SSSR count). The fourth-order valence-corrected chi connectivity index (χ4v) is 5.22. The summed E-state index contributed by atoms with van der Waals surface area (Å²) < 4.78 is 44.6. The quantitative estimate of drug-likeness (QED) is 0.845. The Kier molecular flexibility index (Phi) is 4.64. The number of rotatable bonds is 6. The van der Waals surface area contributed by atoms with Crippen LogP contribution in [0.3, 0.4) is 0 Å². The van der Waals surface area contributed by atoms with E-state index in [0.717, 1.165) is 12.0 Å². The van der Waals surface area contributed by atoms with Crippen molar-refractivity contribution >= 4 is 10.0 Å². The number of sulfonamides is 1. The largest absolute Gasteiger partial charge is 0.495 e. The highest BCUT2D eigenvalue weighted by Crippen LogP contribution is 2.44. The average Bonchev–Trinajstić information content (AvgIpc) is 2.95. The highest BCUT2D eigenvalue weighted by Gasteiger charge is 2.55. The van der Waals surface area contributed by atoms with Crippen LogP contribution in [0.15, 0.2) is 23.1 Å². The fraction of sp³-hybridized carbons (Fsp3) is 0.625. The molecule has 1 aliphatic carbocycles. The lowest BCUT2D eigenvalue weighted by molar-refractivity contribution is -0.0775. The maximum Gasteiger partial charge on any atom is 0.244 e. The Morgan fingerprint density at radius 1 is 1.35 bits per heavy atom. The normalized spacial score (nSPS) is 29.9. The van der Waals surface area contributed by atoms with E-state index in [4.69, 9.17) is 14.2 Å². The molecule has 1 aromatic carbocycles. The molecule has 0 bridgehead atoms. The Labute approximate surface area is 137 Å². The third-order valence-electron chi connectivity index (χ3n) is 4.79. The number of nitrogens with one attached hydrogen (secondary N) is 1. The van der Waals surface area contributed by atoms with E-state index in [2.05, 4.69) is 4.72 Å². The van der Waals surface area contributed by atoms with Crippen molar-refractivity contribution < 1.29 is 22.6 Å². The van der Waals surface area contributed by atoms with Crippen LogP contribution < -0.4 is 9.46 Å². The van der Waals surface area contributed by atoms with Crippen molar-refractivity contribution in [2.24, 2.45) is 11.8 Å². The van der Waals surface area contributed by atoms with E-state index >= 15 is 0 Å². The van der Waals surface area contributed by atoms with Gasteiger partial charge in [0.2, 0.25) is 10.0 Å². The van der Waals surface area contributed by atoms with E-state index in [1.807, 2.05) is 13.0 Å². The predicted octanol–water partition coefficient (Wildman–Crippen LogP) is 1.33. The highest BCUT2D eigenvalue weighted by molar-refractivity contribution is 7.89. The van der Waals surface area contributed by atoms with Crippen LogP contribution in [-0.2, 0) is 19.5 Å². The third kappa shape index (κ3) is 2.98. The first-order chi connectivity index (χ1) is 11.0. The van der Waals surface area contributed by atoms with Crippen molar-refractivity contribution in [2.45, 2.75) is 30.4 Å². The Morgan fingerprint density at radius 2 is 2.13 bits per heavy atom. The van der Waals surface area contributed by atoms with Gasteiger partial charge in [0.1, 0.15) is 10.6 Å². The average molecular weight is 341 g/mol. The van der Waals surface area contributed by atoms with Gasteiger partial charge in [-0.3, -0.25) is 0 Å². The summed E-state index contributed by atoms with van der Waals surface area (Å²) in [7, 11) is -0.565. The molecule has 6 nitrogen and oxygen atoms in total. The van der Waals surface area contributed by atoms with Crippen molar-refractivity contribution in [1.82, 2.24) is 4.72 Å². The van der Waals surface area contributed by atoms with E-state index in [9.17, 15) is 8.42 Å². The highest BCUT2D eigenvalue weighted by atomic mass is 32.2. The molecule has 1 saturated carbocycles. The first-order valence-electron chi connectivity index (χ1n) is 7.75. The van der Waals surface area contributed by atoms with E-state index in [1.165, 1.54) is 7.11 Å². The lowest BCUT2D eigenvalue weighted by Crippen LogP contribution is -2.62. The summed E-state index contributed by atoms with van der Waals surface area (Å²) in [5.74, 6) is 0.628. The molecule has 1 saturated heterocycles. The zero-order chi connectivity index (χ0) is 16.6. The fourth-order valence-electron chi connectivity index (χ4n) is 3.63. The predicted molar refractivity (Wildman–Crippen MR) is 85.1 cm³/mol. The Morgan fingerprint density at radius 3 is 2.83 bits per heavy atom. The molecule has 2 aliphatic rings. The molecule has 2 fully saturated rings. The van der Waals surface area contributed by atoms with Gasteiger partial charge in [0.25, 0.3) is 0 Å². The second-order valence-electron chi connectivity index (χ2n) is 6.21. The number of fused-ring (bicyclic) bond motifs is 1. The third-order valence-corrected chi connectivity index (χ3v) is 6.27. The zero-order valence-corrected chi connectivity index (χ0v) is 14.4. The molecular weight excluding hydrogens is 318 g/mol. The molecular formula is C16H23NO5S. The minimum atomic E-state index is -3.66. The van der Waals surface area contributed by atoms with E-state index in [1.54, 1.807) is 19.2 Å². The van der Waals surface area contributed by atoms with Gasteiger partial charge in [-0.1, -0.05) is 6.07 Å². The Balaban J connectivity index is 1.85. The lowest BCUT2D eigenvalue weighted by Gasteiger charge is -2.47. The van der Waals surface area contributed by atoms with Crippen molar-refractivity contribution in [1.29, 1.82) is 0 Å². The van der Waals surface area contributed by atoms with Gasteiger partial charge in [0, 0.05) is 31.6 Å². The molecule has 0 aromatic heterocycles. The summed E-state index contributed by atoms with van der Waals surface area (Å²) in [5, 5.41) is 0. The van der Waals surface area contributed by atoms with Crippen LogP contribution in [0.2, 0.25) is 0 Å². The van der Waals surface area contributed by atoms with Gasteiger partial charge < -0.3 is 14.2 Å². The molecule has 4 unspecified atom stereocenters. The van der Waals surface area contributed by atoms with Gasteiger partial charge in [-0.05, 0) is 31.0 Å². The first kappa shape index (κ1) is 16.7. The molecule has 1 N–H and O–H groups in total. The van der Waals surface area contributed by atoms with Crippen LogP contribution in [0.5, 0.6) is 5.75 Å². The minimum absolute atomic E-state index is 0.0538. The molecule has 0 radical (unpaired) electrons. The van der Waals surface area contributed by atoms with Crippen LogP contribution in [-0.4, -0.2) is 48.0 Å². The van der Waals surface area contributed by atoms with Gasteiger partial charge in [-0.15, -0.1) is 0 Å². The zero-order valence-electron chi connectivity index (χ0n) is 13.6. The molecule has 1 aliphatic heterocycles. The molecule has 7 heteroatoms. The van der Waals surface area contributed by atoms with Gasteiger partial charge in [0.05, 0.1) is 19.8 Å². The Bertz CT molecular complexity index is 675. The van der Waals surface area contributed by atoms with Crippen molar-refractivity contribution in [3.63, 3.8) is 0 Å². The summed E-state index contributed by atoms with van der Waals surface area (Å²) in [6, 6.07) is 4.99. The van der Waals surface area contributed by atoms with Crippen LogP contribution in [0.4, 0.5) is 0 Å². The van der Waals surface area contributed by atoms with Crippen molar-refractivity contribution in [3.05, 3.63) is 23.8 Å². The number of aryl methyl sites for hydroxylation is 1. The van der Waals surface area contributed by atoms with E-state index in [-0.39, 0.29) is 28.9 Å². The molecule has 0 spiro atoms. The number of hydrogen-bond acceptors (Lipinski definition) is 5. The van der Waals surface area contributed by atoms with Crippen LogP contribution >= 0.6 is 0 Å². The monoisotopic (exact) mass is 341 g/mol. The summed E-state index contributed by atoms with van der Waals surface area (Å²) in [6.45, 7) is 3.03. The second-order valence-corrected chi connectivity index (χ2v) is 7.89. The summed E-state index contributed by atoms with van der Waals surface area (Å²) in [5.41, 5.74) is 0.871. The van der Waals surface area contributed by atoms with Crippen LogP contribution in [0.1, 0.15) is 12.0 Å². The maximum atomic E-state index is 12.8. The molecule has 1 heterocycles. The van der Waals surface area contributed by atoms with Gasteiger partial charge >= 0.3 is 0 Å². The molecule has 128 valence electrons. The number of ether oxygens (including phenoxy) is 3. The number of methoxy groups -OCH3 is 2. The Hall–Kier alpha value is -1.15.